The third kappa shape index (κ3) is 6.06. The van der Waals surface area contributed by atoms with Gasteiger partial charge in [-0.2, -0.15) is 0 Å². The van der Waals surface area contributed by atoms with E-state index in [0.717, 1.165) is 17.1 Å². The number of nitrogens with zero attached hydrogens (tertiary/aromatic N) is 1. The van der Waals surface area contributed by atoms with Crippen LogP contribution in [0.2, 0.25) is 0 Å². The maximum atomic E-state index is 12.4. The first-order valence-corrected chi connectivity index (χ1v) is 11.1. The molecule has 3 N–H and O–H groups in total. The van der Waals surface area contributed by atoms with Gasteiger partial charge in [-0.1, -0.05) is 70.2 Å². The molecule has 0 fully saturated rings. The van der Waals surface area contributed by atoms with Crippen molar-refractivity contribution in [1.29, 1.82) is 0 Å². The van der Waals surface area contributed by atoms with Gasteiger partial charge in [0.15, 0.2) is 0 Å². The lowest BCUT2D eigenvalue weighted by Gasteiger charge is -2.19. The number of hydrogen-bond acceptors (Lipinski definition) is 3. The fourth-order valence-corrected chi connectivity index (χ4v) is 3.42. The average Bonchev–Trinajstić information content (AvgIpc) is 3.27. The van der Waals surface area contributed by atoms with Crippen LogP contribution in [0, 0.1) is 0 Å². The number of benzene rings is 2. The lowest BCUT2D eigenvalue weighted by atomic mass is 9.87. The van der Waals surface area contributed by atoms with Gasteiger partial charge < -0.3 is 15.6 Å². The highest BCUT2D eigenvalue weighted by molar-refractivity contribution is 5.94. The van der Waals surface area contributed by atoms with Crippen LogP contribution in [-0.4, -0.2) is 28.3 Å². The molecule has 2 amide bonds. The number of rotatable bonds is 8. The van der Waals surface area contributed by atoms with Crippen molar-refractivity contribution in [3.63, 3.8) is 0 Å². The highest BCUT2D eigenvalue weighted by Gasteiger charge is 2.17. The smallest absolute Gasteiger partial charge is 0.251 e. The van der Waals surface area contributed by atoms with Crippen molar-refractivity contribution in [3.8, 4) is 11.3 Å². The Balaban J connectivity index is 1.49. The highest BCUT2D eigenvalue weighted by Crippen LogP contribution is 2.22. The number of carbonyl (C=O) groups is 2. The number of aromatic amines is 1. The van der Waals surface area contributed by atoms with Crippen molar-refractivity contribution in [2.75, 3.05) is 6.54 Å². The van der Waals surface area contributed by atoms with Crippen LogP contribution in [0.5, 0.6) is 0 Å². The Morgan fingerprint density at radius 3 is 2.34 bits per heavy atom. The Morgan fingerprint density at radius 1 is 1.03 bits per heavy atom. The van der Waals surface area contributed by atoms with E-state index < -0.39 is 0 Å². The normalized spacial score (nSPS) is 12.2. The molecule has 0 saturated carbocycles. The Hall–Kier alpha value is -3.41. The van der Waals surface area contributed by atoms with Gasteiger partial charge in [0.2, 0.25) is 5.91 Å². The Bertz CT molecular complexity index is 1030. The molecule has 6 heteroatoms. The summed E-state index contributed by atoms with van der Waals surface area (Å²) in [4.78, 5) is 32.5. The van der Waals surface area contributed by atoms with Crippen molar-refractivity contribution < 1.29 is 9.59 Å². The molecule has 32 heavy (non-hydrogen) atoms. The van der Waals surface area contributed by atoms with Crippen molar-refractivity contribution >= 4 is 11.8 Å². The van der Waals surface area contributed by atoms with E-state index in [-0.39, 0.29) is 36.2 Å². The fourth-order valence-electron chi connectivity index (χ4n) is 3.42. The Morgan fingerprint density at radius 2 is 1.72 bits per heavy atom. The molecule has 0 aliphatic heterocycles. The lowest BCUT2D eigenvalue weighted by Crippen LogP contribution is -2.33. The zero-order valence-electron chi connectivity index (χ0n) is 19.2. The summed E-state index contributed by atoms with van der Waals surface area (Å²) >= 11 is 0. The van der Waals surface area contributed by atoms with E-state index in [2.05, 4.69) is 41.4 Å². The third-order valence-corrected chi connectivity index (χ3v) is 5.40. The predicted molar refractivity (Wildman–Crippen MR) is 127 cm³/mol. The van der Waals surface area contributed by atoms with Crippen LogP contribution >= 0.6 is 0 Å². The van der Waals surface area contributed by atoms with Crippen LogP contribution in [0.4, 0.5) is 0 Å². The molecule has 168 valence electrons. The quantitative estimate of drug-likeness (QED) is 0.479. The number of H-pyrrole nitrogens is 1. The topological polar surface area (TPSA) is 86.9 Å². The zero-order valence-corrected chi connectivity index (χ0v) is 19.2. The SMILES string of the molecule is CCC(NC(=O)CCNC(=O)c1ccc(C(C)(C)C)cc1)c1ncc(-c2ccccc2)[nH]1. The van der Waals surface area contributed by atoms with Gasteiger partial charge in [0.25, 0.3) is 5.91 Å². The van der Waals surface area contributed by atoms with Gasteiger partial charge in [-0.05, 0) is 35.1 Å². The van der Waals surface area contributed by atoms with Crippen LogP contribution in [0.3, 0.4) is 0 Å². The van der Waals surface area contributed by atoms with Crippen LogP contribution in [0.25, 0.3) is 11.3 Å². The zero-order chi connectivity index (χ0) is 23.1. The van der Waals surface area contributed by atoms with E-state index in [1.807, 2.05) is 61.5 Å². The summed E-state index contributed by atoms with van der Waals surface area (Å²) in [6.07, 6.45) is 2.69. The lowest BCUT2D eigenvalue weighted by molar-refractivity contribution is -0.121. The Kier molecular flexibility index (Phi) is 7.46. The van der Waals surface area contributed by atoms with Crippen molar-refractivity contribution in [3.05, 3.63) is 77.7 Å². The molecule has 0 bridgehead atoms. The minimum Gasteiger partial charge on any atom is -0.352 e. The molecule has 1 heterocycles. The number of hydrogen-bond donors (Lipinski definition) is 3. The summed E-state index contributed by atoms with van der Waals surface area (Å²) in [6, 6.07) is 17.3. The van der Waals surface area contributed by atoms with Crippen molar-refractivity contribution in [1.82, 2.24) is 20.6 Å². The first-order chi connectivity index (χ1) is 15.3. The molecule has 3 rings (SSSR count). The van der Waals surface area contributed by atoms with Gasteiger partial charge in [-0.3, -0.25) is 9.59 Å². The number of nitrogens with one attached hydrogen (secondary N) is 3. The van der Waals surface area contributed by atoms with E-state index in [1.165, 1.54) is 5.56 Å². The van der Waals surface area contributed by atoms with Gasteiger partial charge >= 0.3 is 0 Å². The van der Waals surface area contributed by atoms with Gasteiger partial charge in [0.1, 0.15) is 5.82 Å². The molecule has 0 radical (unpaired) electrons. The second-order valence-corrected chi connectivity index (χ2v) is 8.91. The minimum absolute atomic E-state index is 0.0404. The van der Waals surface area contributed by atoms with Gasteiger partial charge in [0, 0.05) is 18.5 Å². The van der Waals surface area contributed by atoms with Crippen LogP contribution < -0.4 is 10.6 Å². The standard InChI is InChI=1S/C26H32N4O2/c1-5-21(24-28-17-22(30-24)18-9-7-6-8-10-18)29-23(31)15-16-27-25(32)19-11-13-20(14-12-19)26(2,3)4/h6-14,17,21H,5,15-16H2,1-4H3,(H,27,32)(H,28,30)(H,29,31). The molecule has 1 unspecified atom stereocenters. The molecule has 3 aromatic rings. The molecule has 6 nitrogen and oxygen atoms in total. The average molecular weight is 433 g/mol. The maximum Gasteiger partial charge on any atom is 0.251 e. The number of amides is 2. The van der Waals surface area contributed by atoms with Crippen molar-refractivity contribution in [2.24, 2.45) is 0 Å². The molecule has 1 aromatic heterocycles. The van der Waals surface area contributed by atoms with Crippen molar-refractivity contribution in [2.45, 2.75) is 52.0 Å². The summed E-state index contributed by atoms with van der Waals surface area (Å²) in [6.45, 7) is 8.68. The number of carbonyl (C=O) groups excluding carboxylic acids is 2. The van der Waals surface area contributed by atoms with E-state index in [1.54, 1.807) is 6.20 Å². The third-order valence-electron chi connectivity index (χ3n) is 5.40. The highest BCUT2D eigenvalue weighted by atomic mass is 16.2. The number of aromatic nitrogens is 2. The van der Waals surface area contributed by atoms with Gasteiger partial charge in [0.05, 0.1) is 17.9 Å². The summed E-state index contributed by atoms with van der Waals surface area (Å²) in [7, 11) is 0. The molecule has 2 aromatic carbocycles. The monoisotopic (exact) mass is 432 g/mol. The molecular weight excluding hydrogens is 400 g/mol. The molecule has 1 atom stereocenters. The van der Waals surface area contributed by atoms with Gasteiger partial charge in [-0.25, -0.2) is 4.98 Å². The van der Waals surface area contributed by atoms with Crippen LogP contribution in [0.15, 0.2) is 60.8 Å². The summed E-state index contributed by atoms with van der Waals surface area (Å²) in [5, 5.41) is 5.82. The summed E-state index contributed by atoms with van der Waals surface area (Å²) in [5.41, 5.74) is 3.77. The largest absolute Gasteiger partial charge is 0.352 e. The molecular formula is C26H32N4O2. The fraction of sp³-hybridized carbons (Fsp3) is 0.346. The second kappa shape index (κ2) is 10.3. The van der Waals surface area contributed by atoms with Crippen LogP contribution in [-0.2, 0) is 10.2 Å². The number of imidazole rings is 1. The first kappa shape index (κ1) is 23.3. The first-order valence-electron chi connectivity index (χ1n) is 11.1. The minimum atomic E-state index is -0.208. The van der Waals surface area contributed by atoms with Gasteiger partial charge in [-0.15, -0.1) is 0 Å². The Labute approximate surface area is 189 Å². The molecule has 0 aliphatic carbocycles. The molecule has 0 aliphatic rings. The molecule has 0 spiro atoms. The summed E-state index contributed by atoms with van der Waals surface area (Å²) < 4.78 is 0. The maximum absolute atomic E-state index is 12.4. The van der Waals surface area contributed by atoms with Crippen LogP contribution in [0.1, 0.15) is 68.3 Å². The summed E-state index contributed by atoms with van der Waals surface area (Å²) in [5.74, 6) is 0.421. The molecule has 0 saturated heterocycles. The predicted octanol–water partition coefficient (Wildman–Crippen LogP) is 4.76. The van der Waals surface area contributed by atoms with E-state index in [4.69, 9.17) is 0 Å². The second-order valence-electron chi connectivity index (χ2n) is 8.91. The van der Waals surface area contributed by atoms with E-state index in [0.29, 0.717) is 12.0 Å². The van der Waals surface area contributed by atoms with E-state index in [9.17, 15) is 9.59 Å². The van der Waals surface area contributed by atoms with E-state index >= 15 is 0 Å².